The van der Waals surface area contributed by atoms with Crippen LogP contribution in [-0.2, 0) is 0 Å². The lowest BCUT2D eigenvalue weighted by atomic mass is 10.0. The molecule has 0 radical (unpaired) electrons. The van der Waals surface area contributed by atoms with Crippen molar-refractivity contribution in [2.24, 2.45) is 11.3 Å². The molecule has 2 aliphatic rings. The van der Waals surface area contributed by atoms with Crippen LogP contribution in [0.5, 0.6) is 0 Å². The summed E-state index contributed by atoms with van der Waals surface area (Å²) in [5.41, 5.74) is 6.19. The smallest absolute Gasteiger partial charge is 0.131 e. The van der Waals surface area contributed by atoms with Gasteiger partial charge in [0.1, 0.15) is 18.0 Å². The predicted octanol–water partition coefficient (Wildman–Crippen LogP) is 1.66. The second-order valence-corrected chi connectivity index (χ2v) is 4.82. The van der Waals surface area contributed by atoms with Crippen LogP contribution in [0.2, 0.25) is 0 Å². The minimum absolute atomic E-state index is 0.531. The Bertz CT molecular complexity index is 369. The van der Waals surface area contributed by atoms with Gasteiger partial charge in [0.2, 0.25) is 0 Å². The van der Waals surface area contributed by atoms with Gasteiger partial charge in [0, 0.05) is 12.6 Å². The van der Waals surface area contributed by atoms with E-state index in [1.807, 2.05) is 0 Å². The highest BCUT2D eigenvalue weighted by molar-refractivity contribution is 5.43. The first kappa shape index (κ1) is 8.95. The first-order chi connectivity index (χ1) is 7.28. The number of nitrogens with two attached hydrogens (primary N) is 1. The topological polar surface area (TPSA) is 63.8 Å². The van der Waals surface area contributed by atoms with Crippen molar-refractivity contribution < 1.29 is 0 Å². The average Bonchev–Trinajstić information content (AvgIpc) is 3.08. The molecule has 0 unspecified atom stereocenters. The summed E-state index contributed by atoms with van der Waals surface area (Å²) in [5.74, 6) is 2.36. The van der Waals surface area contributed by atoms with Crippen molar-refractivity contribution in [3.8, 4) is 0 Å². The summed E-state index contributed by atoms with van der Waals surface area (Å²) in [4.78, 5) is 8.02. The van der Waals surface area contributed by atoms with E-state index in [1.165, 1.54) is 32.0 Å². The Labute approximate surface area is 89.3 Å². The van der Waals surface area contributed by atoms with Crippen molar-refractivity contribution in [1.82, 2.24) is 9.97 Å². The van der Waals surface area contributed by atoms with Crippen molar-refractivity contribution in [2.75, 3.05) is 17.6 Å². The lowest BCUT2D eigenvalue weighted by Gasteiger charge is -2.15. The Morgan fingerprint density at radius 3 is 2.80 bits per heavy atom. The fourth-order valence-corrected chi connectivity index (χ4v) is 2.32. The van der Waals surface area contributed by atoms with Gasteiger partial charge in [-0.05, 0) is 37.0 Å². The minimum Gasteiger partial charge on any atom is -0.384 e. The van der Waals surface area contributed by atoms with E-state index in [-0.39, 0.29) is 0 Å². The highest BCUT2D eigenvalue weighted by Gasteiger charge is 2.53. The van der Waals surface area contributed by atoms with Crippen LogP contribution in [0.15, 0.2) is 12.4 Å². The van der Waals surface area contributed by atoms with Crippen LogP contribution in [0.3, 0.4) is 0 Å². The molecule has 80 valence electrons. The average molecular weight is 204 g/mol. The van der Waals surface area contributed by atoms with Crippen LogP contribution < -0.4 is 11.1 Å². The molecule has 2 fully saturated rings. The third kappa shape index (κ3) is 1.76. The van der Waals surface area contributed by atoms with E-state index in [0.29, 0.717) is 11.2 Å². The molecular weight excluding hydrogens is 188 g/mol. The van der Waals surface area contributed by atoms with Gasteiger partial charge >= 0.3 is 0 Å². The first-order valence-corrected chi connectivity index (χ1v) is 5.60. The number of hydrogen-bond acceptors (Lipinski definition) is 4. The molecule has 2 aliphatic carbocycles. The second kappa shape index (κ2) is 3.08. The summed E-state index contributed by atoms with van der Waals surface area (Å²) in [5, 5.41) is 3.38. The molecule has 0 amide bonds. The van der Waals surface area contributed by atoms with Gasteiger partial charge in [-0.25, -0.2) is 9.97 Å². The lowest BCUT2D eigenvalue weighted by Crippen LogP contribution is -2.18. The minimum atomic E-state index is 0.531. The fourth-order valence-electron chi connectivity index (χ4n) is 2.32. The number of aromatic nitrogens is 2. The summed E-state index contributed by atoms with van der Waals surface area (Å²) >= 11 is 0. The van der Waals surface area contributed by atoms with Crippen LogP contribution in [0.4, 0.5) is 11.6 Å². The van der Waals surface area contributed by atoms with Gasteiger partial charge in [0.05, 0.1) is 0 Å². The monoisotopic (exact) mass is 204 g/mol. The van der Waals surface area contributed by atoms with E-state index >= 15 is 0 Å². The third-order valence-corrected chi connectivity index (χ3v) is 3.65. The molecular formula is C11H16N4. The molecule has 4 nitrogen and oxygen atoms in total. The highest BCUT2D eigenvalue weighted by atomic mass is 15.0. The van der Waals surface area contributed by atoms with Gasteiger partial charge < -0.3 is 11.1 Å². The van der Waals surface area contributed by atoms with E-state index in [0.717, 1.165) is 18.3 Å². The largest absolute Gasteiger partial charge is 0.384 e. The maximum absolute atomic E-state index is 5.59. The van der Waals surface area contributed by atoms with Gasteiger partial charge in [-0.2, -0.15) is 0 Å². The quantitative estimate of drug-likeness (QED) is 0.783. The molecule has 4 heteroatoms. The van der Waals surface area contributed by atoms with Crippen molar-refractivity contribution in [2.45, 2.75) is 25.7 Å². The van der Waals surface area contributed by atoms with Crippen LogP contribution in [-0.4, -0.2) is 16.5 Å². The lowest BCUT2D eigenvalue weighted by molar-refractivity contribution is 0.466. The molecule has 3 N–H and O–H groups in total. The third-order valence-electron chi connectivity index (χ3n) is 3.65. The van der Waals surface area contributed by atoms with E-state index in [9.17, 15) is 0 Å². The Morgan fingerprint density at radius 1 is 1.40 bits per heavy atom. The van der Waals surface area contributed by atoms with E-state index in [2.05, 4.69) is 15.3 Å². The van der Waals surface area contributed by atoms with Gasteiger partial charge in [-0.1, -0.05) is 0 Å². The zero-order valence-electron chi connectivity index (χ0n) is 8.74. The predicted molar refractivity (Wildman–Crippen MR) is 59.3 cm³/mol. The van der Waals surface area contributed by atoms with Gasteiger partial charge in [0.25, 0.3) is 0 Å². The first-order valence-electron chi connectivity index (χ1n) is 5.60. The number of nitrogen functional groups attached to an aromatic ring is 1. The molecule has 0 atom stereocenters. The van der Waals surface area contributed by atoms with Gasteiger partial charge in [-0.15, -0.1) is 0 Å². The number of hydrogen-bond donors (Lipinski definition) is 2. The second-order valence-electron chi connectivity index (χ2n) is 4.82. The van der Waals surface area contributed by atoms with Crippen LogP contribution >= 0.6 is 0 Å². The van der Waals surface area contributed by atoms with Gasteiger partial charge in [-0.3, -0.25) is 0 Å². The fraction of sp³-hybridized carbons (Fsp3) is 0.636. The zero-order chi connectivity index (χ0) is 10.3. The van der Waals surface area contributed by atoms with Crippen molar-refractivity contribution in [3.05, 3.63) is 12.4 Å². The number of nitrogens with one attached hydrogen (secondary N) is 1. The molecule has 3 rings (SSSR count). The van der Waals surface area contributed by atoms with Crippen molar-refractivity contribution in [3.63, 3.8) is 0 Å². The molecule has 0 bridgehead atoms. The number of rotatable bonds is 4. The summed E-state index contributed by atoms with van der Waals surface area (Å²) in [6.45, 7) is 1.05. The molecule has 1 aromatic rings. The Kier molecular flexibility index (Phi) is 1.84. The molecule has 0 saturated heterocycles. The van der Waals surface area contributed by atoms with E-state index in [1.54, 1.807) is 6.07 Å². The molecule has 2 saturated carbocycles. The van der Waals surface area contributed by atoms with E-state index < -0.39 is 0 Å². The highest BCUT2D eigenvalue weighted by Crippen LogP contribution is 2.61. The summed E-state index contributed by atoms with van der Waals surface area (Å²) in [7, 11) is 0. The molecule has 15 heavy (non-hydrogen) atoms. The Morgan fingerprint density at radius 2 is 2.20 bits per heavy atom. The maximum Gasteiger partial charge on any atom is 0.131 e. The normalized spacial score (nSPS) is 22.4. The summed E-state index contributed by atoms with van der Waals surface area (Å²) in [6.07, 6.45) is 7.12. The number of nitrogens with zero attached hydrogens (tertiary/aromatic N) is 2. The summed E-state index contributed by atoms with van der Waals surface area (Å²) in [6, 6.07) is 1.79. The van der Waals surface area contributed by atoms with Crippen molar-refractivity contribution in [1.29, 1.82) is 0 Å². The van der Waals surface area contributed by atoms with Gasteiger partial charge in [0.15, 0.2) is 0 Å². The standard InChI is InChI=1S/C11H16N4/c12-9-5-10(15-7-14-9)13-6-11(3-4-11)8-1-2-8/h5,7-8H,1-4,6H2,(H3,12,13,14,15). The molecule has 1 aromatic heterocycles. The van der Waals surface area contributed by atoms with Crippen LogP contribution in [0.1, 0.15) is 25.7 Å². The molecule has 0 aromatic carbocycles. The van der Waals surface area contributed by atoms with Crippen molar-refractivity contribution >= 4 is 11.6 Å². The molecule has 0 aliphatic heterocycles. The maximum atomic E-state index is 5.59. The van der Waals surface area contributed by atoms with Crippen LogP contribution in [0, 0.1) is 11.3 Å². The zero-order valence-corrected chi connectivity index (χ0v) is 8.74. The summed E-state index contributed by atoms with van der Waals surface area (Å²) < 4.78 is 0. The molecule has 1 heterocycles. The molecule has 0 spiro atoms. The SMILES string of the molecule is Nc1cc(NCC2(C3CC3)CC2)ncn1. The van der Waals surface area contributed by atoms with Crippen LogP contribution in [0.25, 0.3) is 0 Å². The number of anilines is 2. The Balaban J connectivity index is 1.61. The van der Waals surface area contributed by atoms with E-state index in [4.69, 9.17) is 5.73 Å². The Hall–Kier alpha value is -1.32.